The summed E-state index contributed by atoms with van der Waals surface area (Å²) in [5.74, 6) is 5.82. The van der Waals surface area contributed by atoms with Gasteiger partial charge in [-0.15, -0.1) is 0 Å². The number of fused-ring (bicyclic) bond motifs is 27. The number of hydrogen-bond acceptors (Lipinski definition) is 6. The molecule has 12 aromatic carbocycles. The third kappa shape index (κ3) is 5.80. The molecule has 2 atom stereocenters. The van der Waals surface area contributed by atoms with E-state index in [-0.39, 0.29) is 0 Å². The number of nitrogens with one attached hydrogen (secondary N) is 2. The Morgan fingerprint density at radius 2 is 0.571 bits per heavy atom. The van der Waals surface area contributed by atoms with Crippen molar-refractivity contribution in [1.29, 1.82) is 0 Å². The molecule has 7 aliphatic rings. The molecule has 2 unspecified atom stereocenters. The molecule has 0 radical (unpaired) electrons. The van der Waals surface area contributed by atoms with Crippen molar-refractivity contribution in [2.75, 3.05) is 0 Å². The number of ether oxygens (including phenoxy) is 3. The highest BCUT2D eigenvalue weighted by atomic mass is 16.5. The highest BCUT2D eigenvalue weighted by molar-refractivity contribution is 6.01. The lowest BCUT2D eigenvalue weighted by Crippen LogP contribution is -2.45. The first kappa shape index (κ1) is 46.1. The summed E-state index contributed by atoms with van der Waals surface area (Å²) in [7, 11) is 0. The number of hydrogen-bond donors (Lipinski definition) is 2. The average Bonchev–Trinajstić information content (AvgIpc) is 2.11. The molecular weight excluding hydrogens is 1030 g/mol. The maximum atomic E-state index is 6.98. The number of amidine groups is 1. The Hall–Kier alpha value is -10.5. The third-order valence-electron chi connectivity index (χ3n) is 19.4. The summed E-state index contributed by atoms with van der Waals surface area (Å²) >= 11 is 0. The van der Waals surface area contributed by atoms with Crippen LogP contribution in [0, 0.1) is 0 Å². The van der Waals surface area contributed by atoms with E-state index in [1.807, 2.05) is 0 Å². The summed E-state index contributed by atoms with van der Waals surface area (Å²) in [6.45, 7) is 0. The summed E-state index contributed by atoms with van der Waals surface area (Å²) in [6.07, 6.45) is -0.957. The molecule has 19 rings (SSSR count). The fourth-order valence-electron chi connectivity index (χ4n) is 16.1. The van der Waals surface area contributed by atoms with Crippen LogP contribution >= 0.6 is 0 Å². The van der Waals surface area contributed by atoms with E-state index in [0.717, 1.165) is 90.4 Å². The minimum Gasteiger partial charge on any atom is -0.457 e. The highest BCUT2D eigenvalue weighted by Crippen LogP contribution is 2.66. The zero-order valence-electron chi connectivity index (χ0n) is 45.3. The van der Waals surface area contributed by atoms with Gasteiger partial charge in [-0.3, -0.25) is 5.32 Å². The predicted octanol–water partition coefficient (Wildman–Crippen LogP) is 17.4. The van der Waals surface area contributed by atoms with Crippen LogP contribution in [0.15, 0.2) is 278 Å². The Morgan fingerprint density at radius 3 is 0.964 bits per heavy atom. The molecule has 394 valence electrons. The van der Waals surface area contributed by atoms with E-state index < -0.39 is 28.6 Å². The number of rotatable bonds is 3. The predicted molar refractivity (Wildman–Crippen MR) is 330 cm³/mol. The Balaban J connectivity index is 0.829. The standard InChI is InChI=1S/C78H49N3O3/c1-7-25-55-49(19-1)50-20-2-8-26-56(50)76(55)61-31-13-16-34-67(61)82-70-40-37-46(43-64(70)76)73-79-74(47-38-41-71-65(44-47)77(62-32-14-17-35-68(62)83-71)57-27-9-3-21-51(57)52-22-4-10-28-58(52)77)81-75(80-73)48-39-42-72-66(45-48)78(63-33-15-18-36-69(63)84-72)59-29-11-5-23-53(59)54-24-6-12-30-60(54)78/h1-45,73-74,79H,(H,80,81). The van der Waals surface area contributed by atoms with Crippen LogP contribution in [0.5, 0.6) is 34.5 Å². The Bertz CT molecular complexity index is 4760. The molecule has 0 amide bonds. The van der Waals surface area contributed by atoms with Gasteiger partial charge in [0.1, 0.15) is 52.7 Å². The molecule has 6 nitrogen and oxygen atoms in total. The topological polar surface area (TPSA) is 64.1 Å². The molecule has 0 aromatic heterocycles. The van der Waals surface area contributed by atoms with E-state index in [0.29, 0.717) is 0 Å². The van der Waals surface area contributed by atoms with Crippen molar-refractivity contribution < 1.29 is 14.2 Å². The zero-order valence-corrected chi connectivity index (χ0v) is 45.3. The van der Waals surface area contributed by atoms with Gasteiger partial charge in [0.25, 0.3) is 0 Å². The van der Waals surface area contributed by atoms with E-state index in [1.165, 1.54) is 66.8 Å². The van der Waals surface area contributed by atoms with Crippen molar-refractivity contribution in [3.05, 3.63) is 356 Å². The molecule has 4 heterocycles. The highest BCUT2D eigenvalue weighted by Gasteiger charge is 2.54. The summed E-state index contributed by atoms with van der Waals surface area (Å²) in [5, 5.41) is 8.17. The van der Waals surface area contributed by atoms with Crippen molar-refractivity contribution in [2.45, 2.75) is 28.6 Å². The van der Waals surface area contributed by atoms with Gasteiger partial charge in [-0.1, -0.05) is 212 Å². The quantitative estimate of drug-likeness (QED) is 0.185. The third-order valence-corrected chi connectivity index (χ3v) is 19.4. The van der Waals surface area contributed by atoms with Crippen molar-refractivity contribution in [3.63, 3.8) is 0 Å². The lowest BCUT2D eigenvalue weighted by Gasteiger charge is -2.41. The van der Waals surface area contributed by atoms with Crippen molar-refractivity contribution >= 4 is 5.84 Å². The second kappa shape index (κ2) is 16.8. The number of nitrogens with zero attached hydrogens (tertiary/aromatic N) is 1. The SMILES string of the molecule is c1ccc2c(c1)Oc1ccc(C3=NC(c4ccc5c(c4)C4(c6ccccc6O5)c5ccccc5-c5ccccc54)NC(c4ccc5c(c4)C4(c6ccccc6O5)c5ccccc5-c5ccccc54)N3)cc1C21c2ccccc2-c2ccccc21. The molecule has 0 fully saturated rings. The van der Waals surface area contributed by atoms with Gasteiger partial charge in [0, 0.05) is 38.9 Å². The lowest BCUT2D eigenvalue weighted by atomic mass is 9.65. The second-order valence-corrected chi connectivity index (χ2v) is 23.2. The van der Waals surface area contributed by atoms with Gasteiger partial charge in [0.15, 0.2) is 0 Å². The molecule has 0 saturated heterocycles. The van der Waals surface area contributed by atoms with Gasteiger partial charge >= 0.3 is 0 Å². The van der Waals surface area contributed by atoms with Gasteiger partial charge in [-0.25, -0.2) is 4.99 Å². The molecule has 3 spiro atoms. The summed E-state index contributed by atoms with van der Waals surface area (Å²) in [5.41, 5.74) is 22.5. The summed E-state index contributed by atoms with van der Waals surface area (Å²) in [4.78, 5) is 5.83. The van der Waals surface area contributed by atoms with E-state index >= 15 is 0 Å². The summed E-state index contributed by atoms with van der Waals surface area (Å²) < 4.78 is 20.9. The maximum absolute atomic E-state index is 6.98. The zero-order chi connectivity index (χ0) is 54.9. The molecular formula is C78H49N3O3. The van der Waals surface area contributed by atoms with Crippen LogP contribution in [0.25, 0.3) is 33.4 Å². The monoisotopic (exact) mass is 1080 g/mol. The van der Waals surface area contributed by atoms with Crippen LogP contribution < -0.4 is 24.8 Å². The number of aliphatic imine (C=N–C) groups is 1. The largest absolute Gasteiger partial charge is 0.457 e. The van der Waals surface area contributed by atoms with Crippen LogP contribution in [0.2, 0.25) is 0 Å². The molecule has 12 aromatic rings. The van der Waals surface area contributed by atoms with Gasteiger partial charge in [0.05, 0.1) is 16.2 Å². The van der Waals surface area contributed by atoms with E-state index in [4.69, 9.17) is 19.2 Å². The maximum Gasteiger partial charge on any atom is 0.132 e. The first-order valence-corrected chi connectivity index (χ1v) is 29.1. The van der Waals surface area contributed by atoms with Gasteiger partial charge < -0.3 is 19.5 Å². The molecule has 0 bridgehead atoms. The van der Waals surface area contributed by atoms with Gasteiger partial charge in [-0.05, 0) is 139 Å². The van der Waals surface area contributed by atoms with E-state index in [9.17, 15) is 0 Å². The fourth-order valence-corrected chi connectivity index (χ4v) is 16.1. The van der Waals surface area contributed by atoms with Gasteiger partial charge in [-0.2, -0.15) is 0 Å². The Labute approximate surface area is 486 Å². The molecule has 6 heteroatoms. The van der Waals surface area contributed by atoms with Crippen LogP contribution in [0.1, 0.15) is 95.8 Å². The number of benzene rings is 12. The normalized spacial score (nSPS) is 17.7. The second-order valence-electron chi connectivity index (χ2n) is 23.2. The summed E-state index contributed by atoms with van der Waals surface area (Å²) in [6, 6.07) is 99.3. The molecule has 3 aliphatic carbocycles. The Morgan fingerprint density at radius 1 is 0.274 bits per heavy atom. The molecule has 2 N–H and O–H groups in total. The first-order valence-electron chi connectivity index (χ1n) is 29.1. The Kier molecular flexibility index (Phi) is 9.22. The van der Waals surface area contributed by atoms with Crippen LogP contribution in [-0.2, 0) is 16.2 Å². The van der Waals surface area contributed by atoms with Gasteiger partial charge in [0.2, 0.25) is 0 Å². The fraction of sp³-hybridized carbons (Fsp3) is 0.0641. The van der Waals surface area contributed by atoms with Crippen LogP contribution in [0.3, 0.4) is 0 Å². The van der Waals surface area contributed by atoms with Crippen molar-refractivity contribution in [2.24, 2.45) is 4.99 Å². The smallest absolute Gasteiger partial charge is 0.132 e. The van der Waals surface area contributed by atoms with Crippen molar-refractivity contribution in [1.82, 2.24) is 10.6 Å². The van der Waals surface area contributed by atoms with Crippen LogP contribution in [-0.4, -0.2) is 5.84 Å². The van der Waals surface area contributed by atoms with Crippen LogP contribution in [0.4, 0.5) is 0 Å². The minimum atomic E-state index is -0.659. The molecule has 4 aliphatic heterocycles. The first-order chi connectivity index (χ1) is 41.6. The van der Waals surface area contributed by atoms with E-state index in [1.54, 1.807) is 0 Å². The van der Waals surface area contributed by atoms with Crippen molar-refractivity contribution in [3.8, 4) is 67.9 Å². The lowest BCUT2D eigenvalue weighted by molar-refractivity contribution is 0.402. The number of para-hydroxylation sites is 3. The minimum absolute atomic E-state index is 0.432. The molecule has 84 heavy (non-hydrogen) atoms. The molecule has 0 saturated carbocycles. The average molecular weight is 1080 g/mol. The van der Waals surface area contributed by atoms with E-state index in [2.05, 4.69) is 284 Å².